The fourth-order valence-electron chi connectivity index (χ4n) is 1.14. The molecule has 0 bridgehead atoms. The van der Waals surface area contributed by atoms with E-state index in [2.05, 4.69) is 0 Å². The maximum Gasteiger partial charge on any atom is 0.209 e. The first-order valence-corrected chi connectivity index (χ1v) is 4.05. The van der Waals surface area contributed by atoms with Crippen molar-refractivity contribution in [2.45, 2.75) is 6.54 Å². The predicted molar refractivity (Wildman–Crippen MR) is 50.5 cm³/mol. The van der Waals surface area contributed by atoms with Gasteiger partial charge in [-0.2, -0.15) is 0 Å². The van der Waals surface area contributed by atoms with Gasteiger partial charge in [0, 0.05) is 19.2 Å². The van der Waals surface area contributed by atoms with Crippen LogP contribution in [0.3, 0.4) is 0 Å². The van der Waals surface area contributed by atoms with Crippen molar-refractivity contribution >= 4 is 6.41 Å². The largest absolute Gasteiger partial charge is 0.496 e. The quantitative estimate of drug-likeness (QED) is 0.652. The van der Waals surface area contributed by atoms with E-state index in [4.69, 9.17) is 4.74 Å². The minimum absolute atomic E-state index is 0.577. The topological polar surface area (TPSA) is 29.5 Å². The fourth-order valence-corrected chi connectivity index (χ4v) is 1.14. The van der Waals surface area contributed by atoms with Crippen molar-refractivity contribution in [1.82, 2.24) is 4.90 Å². The Hall–Kier alpha value is -1.51. The lowest BCUT2D eigenvalue weighted by Crippen LogP contribution is -2.15. The zero-order valence-corrected chi connectivity index (χ0v) is 7.86. The molecule has 0 saturated heterocycles. The SMILES string of the molecule is COc1ccccc1CN(C)C=O. The molecule has 0 spiro atoms. The Morgan fingerprint density at radius 1 is 1.46 bits per heavy atom. The summed E-state index contributed by atoms with van der Waals surface area (Å²) in [6.45, 7) is 0.577. The molecule has 1 rings (SSSR count). The average Bonchev–Trinajstić information content (AvgIpc) is 2.18. The molecule has 13 heavy (non-hydrogen) atoms. The van der Waals surface area contributed by atoms with Crippen LogP contribution in [0.15, 0.2) is 24.3 Å². The standard InChI is InChI=1S/C10H13NO2/c1-11(8-12)7-9-5-3-4-6-10(9)13-2/h3-6,8H,7H2,1-2H3. The van der Waals surface area contributed by atoms with Gasteiger partial charge in [-0.15, -0.1) is 0 Å². The third-order valence-electron chi connectivity index (χ3n) is 1.79. The van der Waals surface area contributed by atoms with Crippen LogP contribution in [0.25, 0.3) is 0 Å². The molecule has 3 heteroatoms. The number of rotatable bonds is 4. The zero-order valence-electron chi connectivity index (χ0n) is 7.86. The predicted octanol–water partition coefficient (Wildman–Crippen LogP) is 1.28. The number of nitrogens with zero attached hydrogens (tertiary/aromatic N) is 1. The van der Waals surface area contributed by atoms with Crippen LogP contribution in [0.4, 0.5) is 0 Å². The second-order valence-electron chi connectivity index (χ2n) is 2.83. The number of para-hydroxylation sites is 1. The molecule has 0 heterocycles. The van der Waals surface area contributed by atoms with Gasteiger partial charge < -0.3 is 9.64 Å². The Labute approximate surface area is 77.9 Å². The van der Waals surface area contributed by atoms with Gasteiger partial charge in [0.2, 0.25) is 6.41 Å². The van der Waals surface area contributed by atoms with Gasteiger partial charge in [0.1, 0.15) is 5.75 Å². The molecule has 0 unspecified atom stereocenters. The maximum atomic E-state index is 10.4. The normalized spacial score (nSPS) is 9.38. The lowest BCUT2D eigenvalue weighted by Gasteiger charge is -2.13. The summed E-state index contributed by atoms with van der Waals surface area (Å²) in [6.07, 6.45) is 0.798. The Balaban J connectivity index is 2.80. The molecule has 1 aromatic carbocycles. The Bertz CT molecular complexity index is 286. The number of ether oxygens (including phenoxy) is 1. The first-order chi connectivity index (χ1) is 6.27. The Kier molecular flexibility index (Phi) is 3.31. The Morgan fingerprint density at radius 2 is 2.15 bits per heavy atom. The van der Waals surface area contributed by atoms with Gasteiger partial charge in [-0.05, 0) is 6.07 Å². The smallest absolute Gasteiger partial charge is 0.209 e. The summed E-state index contributed by atoms with van der Waals surface area (Å²) < 4.78 is 5.15. The fraction of sp³-hybridized carbons (Fsp3) is 0.300. The van der Waals surface area contributed by atoms with E-state index >= 15 is 0 Å². The Morgan fingerprint density at radius 3 is 2.77 bits per heavy atom. The minimum atomic E-state index is 0.577. The molecule has 0 aliphatic heterocycles. The van der Waals surface area contributed by atoms with Crippen molar-refractivity contribution in [2.24, 2.45) is 0 Å². The molecule has 1 aromatic rings. The number of methoxy groups -OCH3 is 1. The summed E-state index contributed by atoms with van der Waals surface area (Å²) in [6, 6.07) is 7.66. The van der Waals surface area contributed by atoms with Crippen LogP contribution in [-0.2, 0) is 11.3 Å². The maximum absolute atomic E-state index is 10.4. The molecule has 0 aliphatic carbocycles. The van der Waals surface area contributed by atoms with Crippen molar-refractivity contribution in [2.75, 3.05) is 14.2 Å². The highest BCUT2D eigenvalue weighted by Gasteiger charge is 2.02. The third kappa shape index (κ3) is 2.47. The number of carbonyl (C=O) groups excluding carboxylic acids is 1. The number of carbonyl (C=O) groups is 1. The van der Waals surface area contributed by atoms with Crippen LogP contribution in [0, 0.1) is 0 Å². The van der Waals surface area contributed by atoms with Gasteiger partial charge in [0.25, 0.3) is 0 Å². The first kappa shape index (κ1) is 9.58. The van der Waals surface area contributed by atoms with E-state index in [0.29, 0.717) is 6.54 Å². The lowest BCUT2D eigenvalue weighted by atomic mass is 10.2. The molecule has 3 nitrogen and oxygen atoms in total. The summed E-state index contributed by atoms with van der Waals surface area (Å²) in [5, 5.41) is 0. The van der Waals surface area contributed by atoms with Gasteiger partial charge >= 0.3 is 0 Å². The van der Waals surface area contributed by atoms with Gasteiger partial charge in [-0.1, -0.05) is 18.2 Å². The van der Waals surface area contributed by atoms with E-state index in [9.17, 15) is 4.79 Å². The van der Waals surface area contributed by atoms with Crippen LogP contribution in [-0.4, -0.2) is 25.5 Å². The highest BCUT2D eigenvalue weighted by Crippen LogP contribution is 2.17. The minimum Gasteiger partial charge on any atom is -0.496 e. The summed E-state index contributed by atoms with van der Waals surface area (Å²) >= 11 is 0. The van der Waals surface area contributed by atoms with Crippen LogP contribution in [0.5, 0.6) is 5.75 Å². The number of benzene rings is 1. The van der Waals surface area contributed by atoms with Gasteiger partial charge in [0.05, 0.1) is 7.11 Å². The van der Waals surface area contributed by atoms with Crippen molar-refractivity contribution in [3.05, 3.63) is 29.8 Å². The summed E-state index contributed by atoms with van der Waals surface area (Å²) in [4.78, 5) is 12.0. The highest BCUT2D eigenvalue weighted by molar-refractivity contribution is 5.47. The van der Waals surface area contributed by atoms with Crippen LogP contribution < -0.4 is 4.74 Å². The van der Waals surface area contributed by atoms with Crippen molar-refractivity contribution in [1.29, 1.82) is 0 Å². The van der Waals surface area contributed by atoms with E-state index in [-0.39, 0.29) is 0 Å². The van der Waals surface area contributed by atoms with Crippen LogP contribution in [0.2, 0.25) is 0 Å². The van der Waals surface area contributed by atoms with Crippen LogP contribution in [0.1, 0.15) is 5.56 Å². The van der Waals surface area contributed by atoms with Crippen molar-refractivity contribution in [3.63, 3.8) is 0 Å². The van der Waals surface area contributed by atoms with Crippen molar-refractivity contribution < 1.29 is 9.53 Å². The molecule has 0 atom stereocenters. The second kappa shape index (κ2) is 4.50. The van der Waals surface area contributed by atoms with Gasteiger partial charge in [0.15, 0.2) is 0 Å². The molecular weight excluding hydrogens is 166 g/mol. The average molecular weight is 179 g/mol. The van der Waals surface area contributed by atoms with E-state index in [1.165, 1.54) is 0 Å². The molecule has 0 aliphatic rings. The van der Waals surface area contributed by atoms with Crippen molar-refractivity contribution in [3.8, 4) is 5.75 Å². The van der Waals surface area contributed by atoms with Crippen LogP contribution >= 0.6 is 0 Å². The molecular formula is C10H13NO2. The third-order valence-corrected chi connectivity index (χ3v) is 1.79. The molecule has 1 amide bonds. The van der Waals surface area contributed by atoms with Gasteiger partial charge in [-0.3, -0.25) is 4.79 Å². The molecule has 70 valence electrons. The number of hydrogen-bond donors (Lipinski definition) is 0. The van der Waals surface area contributed by atoms with E-state index in [1.54, 1.807) is 19.1 Å². The lowest BCUT2D eigenvalue weighted by molar-refractivity contribution is -0.117. The van der Waals surface area contributed by atoms with E-state index in [0.717, 1.165) is 17.7 Å². The van der Waals surface area contributed by atoms with E-state index < -0.39 is 0 Å². The second-order valence-corrected chi connectivity index (χ2v) is 2.83. The number of amides is 1. The zero-order chi connectivity index (χ0) is 9.68. The molecule has 0 aromatic heterocycles. The first-order valence-electron chi connectivity index (χ1n) is 4.05. The molecule has 0 fully saturated rings. The summed E-state index contributed by atoms with van der Waals surface area (Å²) in [5.41, 5.74) is 1.01. The number of hydrogen-bond acceptors (Lipinski definition) is 2. The summed E-state index contributed by atoms with van der Waals surface area (Å²) in [7, 11) is 3.36. The molecule has 0 radical (unpaired) electrons. The summed E-state index contributed by atoms with van der Waals surface area (Å²) in [5.74, 6) is 0.816. The van der Waals surface area contributed by atoms with Gasteiger partial charge in [-0.25, -0.2) is 0 Å². The van der Waals surface area contributed by atoms with E-state index in [1.807, 2.05) is 24.3 Å². The highest BCUT2D eigenvalue weighted by atomic mass is 16.5. The monoisotopic (exact) mass is 179 g/mol. The molecule has 0 N–H and O–H groups in total. The molecule has 0 saturated carbocycles.